The molecule has 0 saturated carbocycles. The number of nitrogens with zero attached hydrogens (tertiary/aromatic N) is 2. The lowest BCUT2D eigenvalue weighted by Crippen LogP contribution is -2.29. The first kappa shape index (κ1) is 30.2. The van der Waals surface area contributed by atoms with Crippen molar-refractivity contribution in [1.82, 2.24) is 4.98 Å². The Morgan fingerprint density at radius 1 is 1.02 bits per heavy atom. The Bertz CT molecular complexity index is 1730. The van der Waals surface area contributed by atoms with E-state index in [1.165, 1.54) is 11.0 Å². The zero-order valence-electron chi connectivity index (χ0n) is 24.2. The van der Waals surface area contributed by atoms with E-state index in [9.17, 15) is 19.5 Å². The molecule has 1 aromatic heterocycles. The van der Waals surface area contributed by atoms with Gasteiger partial charge in [-0.3, -0.25) is 14.5 Å². The first-order valence-corrected chi connectivity index (χ1v) is 14.7. The summed E-state index contributed by atoms with van der Waals surface area (Å²) in [7, 11) is 0. The van der Waals surface area contributed by atoms with Gasteiger partial charge in [-0.25, -0.2) is 9.78 Å². The number of aliphatic hydroxyl groups excluding tert-OH is 1. The number of amides is 1. The highest BCUT2D eigenvalue weighted by molar-refractivity contribution is 7.17. The van der Waals surface area contributed by atoms with Gasteiger partial charge in [0.2, 0.25) is 0 Å². The first-order chi connectivity index (χ1) is 21.3. The quantitative estimate of drug-likeness (QED) is 0.0682. The highest BCUT2D eigenvalue weighted by atomic mass is 32.1. The van der Waals surface area contributed by atoms with Crippen LogP contribution in [0, 0.1) is 6.92 Å². The fraction of sp³-hybridized carbons (Fsp3) is 0.176. The molecule has 0 bridgehead atoms. The second-order valence-corrected chi connectivity index (χ2v) is 10.7. The van der Waals surface area contributed by atoms with Gasteiger partial charge in [-0.15, -0.1) is 0 Å². The largest absolute Gasteiger partial charge is 0.507 e. The number of hydrogen-bond donors (Lipinski definition) is 1. The van der Waals surface area contributed by atoms with E-state index in [0.29, 0.717) is 41.5 Å². The number of carbonyl (C=O) groups is 3. The standard InChI is InChI=1S/C34H30N2O7S/c1-4-18-42-33(40)31-21(3)35-34(44-31)36-28(27(30(38)32(36)39)29(37)23-14-10-7-11-15-23)24-16-17-25(26(19-24)41-5-2)43-20-22-12-8-6-9-13-22/h4,6-17,19,28,37H,1,5,18,20H2,2-3H3/b29-27+. The van der Waals surface area contributed by atoms with Crippen LogP contribution in [0.2, 0.25) is 0 Å². The van der Waals surface area contributed by atoms with Gasteiger partial charge in [0, 0.05) is 5.56 Å². The summed E-state index contributed by atoms with van der Waals surface area (Å²) >= 11 is 0.925. The van der Waals surface area contributed by atoms with Gasteiger partial charge < -0.3 is 19.3 Å². The molecule has 5 rings (SSSR count). The topological polar surface area (TPSA) is 115 Å². The molecule has 10 heteroatoms. The Labute approximate surface area is 258 Å². The van der Waals surface area contributed by atoms with Crippen LogP contribution in [0.3, 0.4) is 0 Å². The molecular weight excluding hydrogens is 580 g/mol. The molecule has 4 aromatic rings. The van der Waals surface area contributed by atoms with Crippen LogP contribution in [0.25, 0.3) is 5.76 Å². The Hall–Kier alpha value is -5.22. The second-order valence-electron chi connectivity index (χ2n) is 9.75. The van der Waals surface area contributed by atoms with Crippen LogP contribution in [-0.2, 0) is 20.9 Å². The van der Waals surface area contributed by atoms with Gasteiger partial charge in [-0.1, -0.05) is 90.7 Å². The number of rotatable bonds is 11. The maximum absolute atomic E-state index is 13.6. The lowest BCUT2D eigenvalue weighted by molar-refractivity contribution is -0.132. The summed E-state index contributed by atoms with van der Waals surface area (Å²) in [5.74, 6) is -1.87. The van der Waals surface area contributed by atoms with Gasteiger partial charge >= 0.3 is 11.9 Å². The Morgan fingerprint density at radius 2 is 1.73 bits per heavy atom. The molecule has 1 N–H and O–H groups in total. The molecule has 44 heavy (non-hydrogen) atoms. The van der Waals surface area contributed by atoms with E-state index in [2.05, 4.69) is 11.6 Å². The molecule has 3 aromatic carbocycles. The van der Waals surface area contributed by atoms with Crippen LogP contribution in [0.15, 0.2) is 97.1 Å². The second kappa shape index (κ2) is 13.4. The molecule has 1 aliphatic rings. The number of carbonyl (C=O) groups excluding carboxylic acids is 3. The number of ketones is 1. The predicted molar refractivity (Wildman–Crippen MR) is 167 cm³/mol. The van der Waals surface area contributed by atoms with Crippen molar-refractivity contribution in [1.29, 1.82) is 0 Å². The van der Waals surface area contributed by atoms with Crippen molar-refractivity contribution in [2.45, 2.75) is 26.5 Å². The molecule has 0 radical (unpaired) electrons. The minimum absolute atomic E-state index is 0.00595. The number of thiazole rings is 1. The van der Waals surface area contributed by atoms with Gasteiger partial charge in [0.1, 0.15) is 23.9 Å². The van der Waals surface area contributed by atoms with E-state index in [0.717, 1.165) is 16.9 Å². The van der Waals surface area contributed by atoms with Crippen LogP contribution in [0.5, 0.6) is 11.5 Å². The van der Waals surface area contributed by atoms with Crippen molar-refractivity contribution in [3.05, 3.63) is 124 Å². The lowest BCUT2D eigenvalue weighted by atomic mass is 9.95. The molecule has 1 unspecified atom stereocenters. The van der Waals surface area contributed by atoms with Crippen LogP contribution in [0.4, 0.5) is 5.13 Å². The van der Waals surface area contributed by atoms with Crippen LogP contribution >= 0.6 is 11.3 Å². The van der Waals surface area contributed by atoms with Gasteiger partial charge in [-0.2, -0.15) is 0 Å². The van der Waals surface area contributed by atoms with Gasteiger partial charge in [0.25, 0.3) is 5.78 Å². The predicted octanol–water partition coefficient (Wildman–Crippen LogP) is 6.40. The Balaban J connectivity index is 1.62. The van der Waals surface area contributed by atoms with Crippen molar-refractivity contribution in [3.8, 4) is 11.5 Å². The number of anilines is 1. The Morgan fingerprint density at radius 3 is 2.41 bits per heavy atom. The molecule has 1 fully saturated rings. The molecule has 224 valence electrons. The molecule has 1 aliphatic heterocycles. The van der Waals surface area contributed by atoms with E-state index >= 15 is 0 Å². The summed E-state index contributed by atoms with van der Waals surface area (Å²) in [6.45, 7) is 7.64. The molecule has 2 heterocycles. The number of hydrogen-bond acceptors (Lipinski definition) is 9. The zero-order chi connectivity index (χ0) is 31.2. The molecular formula is C34H30N2O7S. The SMILES string of the molecule is C=CCOC(=O)c1sc(N2C(=O)C(=O)/C(=C(/O)c3ccccc3)C2c2ccc(OCc3ccccc3)c(OCC)c2)nc1C. The number of aryl methyl sites for hydroxylation is 1. The molecule has 1 amide bonds. The third-order valence-corrected chi connectivity index (χ3v) is 7.96. The smallest absolute Gasteiger partial charge is 0.350 e. The minimum atomic E-state index is -1.08. The van der Waals surface area contributed by atoms with Gasteiger partial charge in [-0.05, 0) is 37.1 Å². The average Bonchev–Trinajstić information content (AvgIpc) is 3.55. The van der Waals surface area contributed by atoms with Crippen molar-refractivity contribution < 1.29 is 33.7 Å². The summed E-state index contributed by atoms with van der Waals surface area (Å²) in [6.07, 6.45) is 1.44. The monoisotopic (exact) mass is 610 g/mol. The van der Waals surface area contributed by atoms with E-state index in [1.807, 2.05) is 37.3 Å². The van der Waals surface area contributed by atoms with Crippen LogP contribution in [0.1, 0.15) is 45.0 Å². The third-order valence-electron chi connectivity index (χ3n) is 6.82. The van der Waals surface area contributed by atoms with Crippen molar-refractivity contribution in [2.24, 2.45) is 0 Å². The fourth-order valence-corrected chi connectivity index (χ4v) is 5.78. The molecule has 0 aliphatic carbocycles. The minimum Gasteiger partial charge on any atom is -0.507 e. The van der Waals surface area contributed by atoms with E-state index in [1.54, 1.807) is 55.5 Å². The lowest BCUT2D eigenvalue weighted by Gasteiger charge is -2.24. The van der Waals surface area contributed by atoms with Gasteiger partial charge in [0.05, 0.1) is 23.9 Å². The van der Waals surface area contributed by atoms with Crippen LogP contribution in [-0.4, -0.2) is 41.0 Å². The highest BCUT2D eigenvalue weighted by Gasteiger charge is 2.48. The van der Waals surface area contributed by atoms with E-state index in [-0.39, 0.29) is 27.9 Å². The normalized spacial score (nSPS) is 15.7. The summed E-state index contributed by atoms with van der Waals surface area (Å²) < 4.78 is 17.2. The average molecular weight is 611 g/mol. The number of Topliss-reactive ketones (excluding diaryl/α,β-unsaturated/α-hetero) is 1. The first-order valence-electron chi connectivity index (χ1n) is 13.9. The summed E-state index contributed by atoms with van der Waals surface area (Å²) in [5.41, 5.74) is 2.03. The Kier molecular flexibility index (Phi) is 9.20. The van der Waals surface area contributed by atoms with Crippen LogP contribution < -0.4 is 14.4 Å². The number of benzene rings is 3. The van der Waals surface area contributed by atoms with Gasteiger partial charge in [0.15, 0.2) is 16.6 Å². The van der Waals surface area contributed by atoms with E-state index in [4.69, 9.17) is 14.2 Å². The maximum atomic E-state index is 13.6. The summed E-state index contributed by atoms with van der Waals surface area (Å²) in [5, 5.41) is 11.5. The molecule has 9 nitrogen and oxygen atoms in total. The van der Waals surface area contributed by atoms with E-state index < -0.39 is 23.7 Å². The highest BCUT2D eigenvalue weighted by Crippen LogP contribution is 2.45. The zero-order valence-corrected chi connectivity index (χ0v) is 25.0. The molecule has 0 spiro atoms. The number of aromatic nitrogens is 1. The number of ether oxygens (including phenoxy) is 3. The summed E-state index contributed by atoms with van der Waals surface area (Å²) in [6, 6.07) is 22.2. The van der Waals surface area contributed by atoms with Crippen molar-refractivity contribution >= 4 is 39.9 Å². The number of aliphatic hydroxyl groups is 1. The molecule has 1 atom stereocenters. The third kappa shape index (κ3) is 6.11. The van der Waals surface area contributed by atoms with Crippen molar-refractivity contribution in [3.63, 3.8) is 0 Å². The number of esters is 1. The summed E-state index contributed by atoms with van der Waals surface area (Å²) in [4.78, 5) is 45.8. The molecule has 1 saturated heterocycles. The van der Waals surface area contributed by atoms with Crippen molar-refractivity contribution in [2.75, 3.05) is 18.1 Å². The maximum Gasteiger partial charge on any atom is 0.350 e. The fourth-order valence-electron chi connectivity index (χ4n) is 4.79.